The Kier molecular flexibility index (Phi) is 6.24. The van der Waals surface area contributed by atoms with Crippen molar-refractivity contribution in [3.05, 3.63) is 12.2 Å². The molecule has 0 aromatic carbocycles. The fourth-order valence-corrected chi connectivity index (χ4v) is 0.456. The van der Waals surface area contributed by atoms with Gasteiger partial charge in [-0.3, -0.25) is 0 Å². The van der Waals surface area contributed by atoms with Gasteiger partial charge in [-0.05, 0) is 6.92 Å². The molecule has 0 bridgehead atoms. The molecule has 0 aromatic heterocycles. The van der Waals surface area contributed by atoms with Crippen LogP contribution in [0.15, 0.2) is 12.2 Å². The number of rotatable bonds is 3. The van der Waals surface area contributed by atoms with Crippen molar-refractivity contribution < 1.29 is 14.3 Å². The van der Waals surface area contributed by atoms with Crippen LogP contribution in [0.4, 0.5) is 0 Å². The standard InChI is InChI=1S/C7H10O3.C3H8/c1-5(2)7(8)10-4-6-3-9-6;1-3-2/h6H,1,3-4H2,2H3;3H2,1-2H3. The summed E-state index contributed by atoms with van der Waals surface area (Å²) in [5.41, 5.74) is 0.431. The number of hydrogen-bond acceptors (Lipinski definition) is 3. The molecular formula is C10H18O3. The van der Waals surface area contributed by atoms with Gasteiger partial charge in [0.15, 0.2) is 0 Å². The summed E-state index contributed by atoms with van der Waals surface area (Å²) in [7, 11) is 0. The molecule has 1 saturated heterocycles. The maximum Gasteiger partial charge on any atom is 0.333 e. The third-order valence-electron chi connectivity index (χ3n) is 1.15. The van der Waals surface area contributed by atoms with E-state index < -0.39 is 0 Å². The lowest BCUT2D eigenvalue weighted by molar-refractivity contribution is -0.139. The lowest BCUT2D eigenvalue weighted by atomic mass is 10.4. The van der Waals surface area contributed by atoms with Crippen molar-refractivity contribution in [3.8, 4) is 0 Å². The van der Waals surface area contributed by atoms with Crippen LogP contribution in [0.5, 0.6) is 0 Å². The second-order valence-electron chi connectivity index (χ2n) is 3.04. The smallest absolute Gasteiger partial charge is 0.333 e. The molecule has 76 valence electrons. The fourth-order valence-electron chi connectivity index (χ4n) is 0.456. The largest absolute Gasteiger partial charge is 0.459 e. The zero-order chi connectivity index (χ0) is 10.3. The second-order valence-corrected chi connectivity index (χ2v) is 3.04. The van der Waals surface area contributed by atoms with E-state index in [0.29, 0.717) is 18.8 Å². The summed E-state index contributed by atoms with van der Waals surface area (Å²) in [6.07, 6.45) is 1.39. The van der Waals surface area contributed by atoms with Crippen LogP contribution in [0.1, 0.15) is 27.2 Å². The Labute approximate surface area is 79.7 Å². The van der Waals surface area contributed by atoms with Gasteiger partial charge in [-0.15, -0.1) is 0 Å². The third-order valence-corrected chi connectivity index (χ3v) is 1.15. The van der Waals surface area contributed by atoms with E-state index in [1.54, 1.807) is 6.92 Å². The molecular weight excluding hydrogens is 168 g/mol. The first-order chi connectivity index (χ1) is 6.11. The van der Waals surface area contributed by atoms with Crippen LogP contribution in [0, 0.1) is 0 Å². The van der Waals surface area contributed by atoms with Crippen molar-refractivity contribution in [2.24, 2.45) is 0 Å². The van der Waals surface area contributed by atoms with Crippen LogP contribution in [0.25, 0.3) is 0 Å². The van der Waals surface area contributed by atoms with E-state index in [1.807, 2.05) is 0 Å². The first-order valence-electron chi connectivity index (χ1n) is 4.56. The number of carbonyl (C=O) groups is 1. The summed E-state index contributed by atoms with van der Waals surface area (Å²) in [6.45, 7) is 10.4. The first-order valence-corrected chi connectivity index (χ1v) is 4.56. The average molecular weight is 186 g/mol. The zero-order valence-corrected chi connectivity index (χ0v) is 8.63. The molecule has 0 amide bonds. The highest BCUT2D eigenvalue weighted by molar-refractivity contribution is 5.86. The summed E-state index contributed by atoms with van der Waals surface area (Å²) in [5, 5.41) is 0. The van der Waals surface area contributed by atoms with E-state index >= 15 is 0 Å². The molecule has 0 N–H and O–H groups in total. The number of ether oxygens (including phenoxy) is 2. The Morgan fingerprint density at radius 1 is 1.62 bits per heavy atom. The topological polar surface area (TPSA) is 38.8 Å². The molecule has 0 aromatic rings. The van der Waals surface area contributed by atoms with Crippen LogP contribution in [-0.2, 0) is 14.3 Å². The minimum Gasteiger partial charge on any atom is -0.459 e. The summed E-state index contributed by atoms with van der Waals surface area (Å²) in [6, 6.07) is 0. The van der Waals surface area contributed by atoms with Crippen molar-refractivity contribution >= 4 is 5.97 Å². The van der Waals surface area contributed by atoms with Crippen molar-refractivity contribution in [1.82, 2.24) is 0 Å². The maximum atomic E-state index is 10.7. The molecule has 1 atom stereocenters. The molecule has 3 nitrogen and oxygen atoms in total. The van der Waals surface area contributed by atoms with Crippen molar-refractivity contribution in [3.63, 3.8) is 0 Å². The highest BCUT2D eigenvalue weighted by Crippen LogP contribution is 2.09. The molecule has 1 unspecified atom stereocenters. The van der Waals surface area contributed by atoms with Crippen molar-refractivity contribution in [1.29, 1.82) is 0 Å². The van der Waals surface area contributed by atoms with Crippen LogP contribution in [-0.4, -0.2) is 25.3 Å². The first kappa shape index (κ1) is 12.2. The quantitative estimate of drug-likeness (QED) is 0.384. The zero-order valence-electron chi connectivity index (χ0n) is 8.63. The summed E-state index contributed by atoms with van der Waals surface area (Å²) < 4.78 is 9.60. The highest BCUT2D eigenvalue weighted by Gasteiger charge is 2.24. The van der Waals surface area contributed by atoms with Gasteiger partial charge in [-0.25, -0.2) is 4.79 Å². The van der Waals surface area contributed by atoms with Gasteiger partial charge in [0.1, 0.15) is 12.7 Å². The Hall–Kier alpha value is -0.830. The van der Waals surface area contributed by atoms with E-state index in [4.69, 9.17) is 9.47 Å². The van der Waals surface area contributed by atoms with Gasteiger partial charge < -0.3 is 9.47 Å². The van der Waals surface area contributed by atoms with E-state index in [0.717, 1.165) is 0 Å². The summed E-state index contributed by atoms with van der Waals surface area (Å²) in [4.78, 5) is 10.7. The fraction of sp³-hybridized carbons (Fsp3) is 0.700. The van der Waals surface area contributed by atoms with Gasteiger partial charge in [0.05, 0.1) is 6.61 Å². The number of epoxide rings is 1. The van der Waals surface area contributed by atoms with Crippen LogP contribution >= 0.6 is 0 Å². The monoisotopic (exact) mass is 186 g/mol. The minimum atomic E-state index is -0.337. The molecule has 1 fully saturated rings. The summed E-state index contributed by atoms with van der Waals surface area (Å²) in [5.74, 6) is -0.337. The molecule has 1 rings (SSSR count). The lowest BCUT2D eigenvalue weighted by Gasteiger charge is -1.99. The molecule has 13 heavy (non-hydrogen) atoms. The normalized spacial score (nSPS) is 18.2. The number of carbonyl (C=O) groups excluding carboxylic acids is 1. The SMILES string of the molecule is C=C(C)C(=O)OCC1CO1.CCC. The van der Waals surface area contributed by atoms with E-state index in [9.17, 15) is 4.79 Å². The lowest BCUT2D eigenvalue weighted by Crippen LogP contribution is -2.09. The maximum absolute atomic E-state index is 10.7. The minimum absolute atomic E-state index is 0.142. The van der Waals surface area contributed by atoms with E-state index in [2.05, 4.69) is 20.4 Å². The number of hydrogen-bond donors (Lipinski definition) is 0. The predicted molar refractivity (Wildman–Crippen MR) is 51.5 cm³/mol. The Morgan fingerprint density at radius 3 is 2.38 bits per heavy atom. The number of esters is 1. The summed E-state index contributed by atoms with van der Waals surface area (Å²) >= 11 is 0. The third kappa shape index (κ3) is 7.53. The molecule has 0 saturated carbocycles. The van der Waals surface area contributed by atoms with Crippen LogP contribution < -0.4 is 0 Å². The van der Waals surface area contributed by atoms with Gasteiger partial charge in [-0.2, -0.15) is 0 Å². The van der Waals surface area contributed by atoms with Gasteiger partial charge in [0.2, 0.25) is 0 Å². The highest BCUT2D eigenvalue weighted by atomic mass is 16.6. The van der Waals surface area contributed by atoms with Gasteiger partial charge in [0.25, 0.3) is 0 Å². The van der Waals surface area contributed by atoms with Crippen LogP contribution in [0.3, 0.4) is 0 Å². The molecule has 3 heteroatoms. The van der Waals surface area contributed by atoms with Crippen molar-refractivity contribution in [2.45, 2.75) is 33.3 Å². The molecule has 1 aliphatic rings. The second kappa shape index (κ2) is 6.66. The van der Waals surface area contributed by atoms with Gasteiger partial charge in [-0.1, -0.05) is 26.8 Å². The molecule has 0 radical (unpaired) electrons. The van der Waals surface area contributed by atoms with E-state index in [1.165, 1.54) is 6.42 Å². The van der Waals surface area contributed by atoms with E-state index in [-0.39, 0.29) is 12.1 Å². The molecule has 1 heterocycles. The molecule has 1 aliphatic heterocycles. The average Bonchev–Trinajstić information content (AvgIpc) is 2.84. The Morgan fingerprint density at radius 2 is 2.08 bits per heavy atom. The molecule has 0 spiro atoms. The van der Waals surface area contributed by atoms with Crippen LogP contribution in [0.2, 0.25) is 0 Å². The molecule has 0 aliphatic carbocycles. The Bertz CT molecular complexity index is 171. The van der Waals surface area contributed by atoms with Crippen molar-refractivity contribution in [2.75, 3.05) is 13.2 Å². The van der Waals surface area contributed by atoms with Gasteiger partial charge >= 0.3 is 5.97 Å². The predicted octanol–water partition coefficient (Wildman–Crippen LogP) is 1.92. The van der Waals surface area contributed by atoms with Gasteiger partial charge in [0, 0.05) is 5.57 Å². The Balaban J connectivity index is 0.000000424.